The number of nitrogens with zero attached hydrogens (tertiary/aromatic N) is 4. The Kier molecular flexibility index (Phi) is 7.97. The Morgan fingerprint density at radius 2 is 2.00 bits per heavy atom. The van der Waals surface area contributed by atoms with Gasteiger partial charge in [-0.3, -0.25) is 19.1 Å². The second-order valence-electron chi connectivity index (χ2n) is 7.79. The van der Waals surface area contributed by atoms with Gasteiger partial charge in [-0.25, -0.2) is 9.97 Å². The lowest BCUT2D eigenvalue weighted by atomic mass is 10.2. The zero-order chi connectivity index (χ0) is 23.2. The number of hydrogen-bond donors (Lipinski definition) is 1. The van der Waals surface area contributed by atoms with Crippen LogP contribution < -0.4 is 10.9 Å². The van der Waals surface area contributed by atoms with Crippen molar-refractivity contribution < 1.29 is 9.53 Å². The Morgan fingerprint density at radius 3 is 2.76 bits per heavy atom. The molecule has 33 heavy (non-hydrogen) atoms. The fourth-order valence-electron chi connectivity index (χ4n) is 3.60. The first-order valence-corrected chi connectivity index (χ1v) is 12.2. The van der Waals surface area contributed by atoms with Crippen molar-refractivity contribution in [1.82, 2.24) is 19.4 Å². The molecule has 0 aliphatic carbocycles. The summed E-state index contributed by atoms with van der Waals surface area (Å²) >= 11 is 7.13. The number of nitrogens with one attached hydrogen (secondary N) is 1. The molecule has 1 N–H and O–H groups in total. The number of rotatable bonds is 8. The van der Waals surface area contributed by atoms with Crippen molar-refractivity contribution in [2.45, 2.75) is 30.3 Å². The molecular formula is C23H26ClN5O3S. The number of carbonyl (C=O) groups excluding carboxylic acids is 1. The van der Waals surface area contributed by atoms with Crippen LogP contribution in [0, 0.1) is 0 Å². The summed E-state index contributed by atoms with van der Waals surface area (Å²) in [5.74, 6) is 0.198. The molecule has 0 spiro atoms. The second kappa shape index (κ2) is 11.1. The van der Waals surface area contributed by atoms with Crippen LogP contribution in [0.1, 0.15) is 13.3 Å². The molecule has 1 aliphatic rings. The number of morpholine rings is 1. The van der Waals surface area contributed by atoms with Crippen LogP contribution >= 0.6 is 23.4 Å². The third kappa shape index (κ3) is 6.11. The molecule has 4 rings (SSSR count). The van der Waals surface area contributed by atoms with E-state index >= 15 is 0 Å². The Labute approximate surface area is 201 Å². The Bertz CT molecular complexity index is 1160. The molecule has 2 aromatic heterocycles. The number of thioether (sulfide) groups is 1. The largest absolute Gasteiger partial charge is 0.379 e. The van der Waals surface area contributed by atoms with Crippen LogP contribution in [0.25, 0.3) is 10.9 Å². The van der Waals surface area contributed by atoms with E-state index in [0.29, 0.717) is 33.4 Å². The topological polar surface area (TPSA) is 89.4 Å². The predicted octanol–water partition coefficient (Wildman–Crippen LogP) is 3.29. The third-order valence-corrected chi connectivity index (χ3v) is 6.73. The minimum absolute atomic E-state index is 0.0861. The highest BCUT2D eigenvalue weighted by atomic mass is 35.5. The van der Waals surface area contributed by atoms with Crippen LogP contribution in [0.15, 0.2) is 52.5 Å². The first kappa shape index (κ1) is 23.7. The lowest BCUT2D eigenvalue weighted by Gasteiger charge is -2.26. The van der Waals surface area contributed by atoms with Gasteiger partial charge in [-0.15, -0.1) is 0 Å². The first-order valence-electron chi connectivity index (χ1n) is 10.9. The molecule has 1 saturated heterocycles. The van der Waals surface area contributed by atoms with Gasteiger partial charge in [0, 0.05) is 32.4 Å². The van der Waals surface area contributed by atoms with Gasteiger partial charge in [-0.2, -0.15) is 0 Å². The van der Waals surface area contributed by atoms with Crippen molar-refractivity contribution in [3.05, 3.63) is 58.0 Å². The van der Waals surface area contributed by atoms with E-state index in [0.717, 1.165) is 39.3 Å². The number of halogens is 1. The molecule has 0 radical (unpaired) electrons. The molecule has 1 aromatic carbocycles. The molecular weight excluding hydrogens is 462 g/mol. The van der Waals surface area contributed by atoms with Gasteiger partial charge in [0.25, 0.3) is 5.56 Å². The lowest BCUT2D eigenvalue weighted by molar-refractivity contribution is -0.115. The number of pyridine rings is 1. The first-order chi connectivity index (χ1) is 16.0. The number of fused-ring (bicyclic) bond motifs is 1. The number of amides is 1. The summed E-state index contributed by atoms with van der Waals surface area (Å²) in [5.41, 5.74) is 0.540. The fourth-order valence-corrected chi connectivity index (χ4v) is 4.65. The van der Waals surface area contributed by atoms with Gasteiger partial charge in [0.1, 0.15) is 5.82 Å². The average molecular weight is 488 g/mol. The third-order valence-electron chi connectivity index (χ3n) is 5.42. The van der Waals surface area contributed by atoms with E-state index in [1.54, 1.807) is 29.7 Å². The molecule has 3 aromatic rings. The molecule has 3 heterocycles. The zero-order valence-electron chi connectivity index (χ0n) is 18.4. The van der Waals surface area contributed by atoms with Crippen LogP contribution in [-0.4, -0.2) is 63.4 Å². The van der Waals surface area contributed by atoms with Gasteiger partial charge in [-0.1, -0.05) is 35.5 Å². The van der Waals surface area contributed by atoms with E-state index in [-0.39, 0.29) is 11.5 Å². The summed E-state index contributed by atoms with van der Waals surface area (Å²) in [4.78, 5) is 37.2. The summed E-state index contributed by atoms with van der Waals surface area (Å²) in [6, 6.07) is 10.6. The SMILES string of the molecule is CC(Sc1nc2ccccc2c(=O)n1CCCN1CCOCC1)C(=O)Nc1ccc(Cl)cn1. The number of hydrogen-bond acceptors (Lipinski definition) is 7. The van der Waals surface area contributed by atoms with Crippen molar-refractivity contribution in [1.29, 1.82) is 0 Å². The van der Waals surface area contributed by atoms with Gasteiger partial charge in [0.15, 0.2) is 5.16 Å². The summed E-state index contributed by atoms with van der Waals surface area (Å²) in [7, 11) is 0. The van der Waals surface area contributed by atoms with Gasteiger partial charge in [0.05, 0.1) is 34.4 Å². The van der Waals surface area contributed by atoms with Crippen LogP contribution in [0.3, 0.4) is 0 Å². The molecule has 0 bridgehead atoms. The van der Waals surface area contributed by atoms with Crippen LogP contribution in [-0.2, 0) is 16.1 Å². The number of ether oxygens (including phenoxy) is 1. The minimum Gasteiger partial charge on any atom is -0.379 e. The molecule has 1 atom stereocenters. The number of benzene rings is 1. The lowest BCUT2D eigenvalue weighted by Crippen LogP contribution is -2.37. The maximum absolute atomic E-state index is 13.3. The highest BCUT2D eigenvalue weighted by molar-refractivity contribution is 8.00. The van der Waals surface area contributed by atoms with Crippen molar-refractivity contribution in [2.75, 3.05) is 38.2 Å². The van der Waals surface area contributed by atoms with Gasteiger partial charge in [0.2, 0.25) is 5.91 Å². The normalized spacial score (nSPS) is 15.5. The maximum atomic E-state index is 13.3. The van der Waals surface area contributed by atoms with Crippen LogP contribution in [0.4, 0.5) is 5.82 Å². The second-order valence-corrected chi connectivity index (χ2v) is 9.53. The number of aromatic nitrogens is 3. The van der Waals surface area contributed by atoms with Crippen molar-refractivity contribution >= 4 is 46.0 Å². The molecule has 8 nitrogen and oxygen atoms in total. The van der Waals surface area contributed by atoms with Crippen molar-refractivity contribution in [3.8, 4) is 0 Å². The Balaban J connectivity index is 1.51. The number of carbonyl (C=O) groups is 1. The standard InChI is InChI=1S/C23H26ClN5O3S/c1-16(21(30)27-20-8-7-17(24)15-25-20)33-23-26-19-6-3-2-5-18(19)22(31)29(23)10-4-9-28-11-13-32-14-12-28/h2-3,5-8,15-16H,4,9-14H2,1H3,(H,25,27,30). The van der Waals surface area contributed by atoms with Gasteiger partial charge < -0.3 is 10.1 Å². The Hall–Kier alpha value is -2.46. The zero-order valence-corrected chi connectivity index (χ0v) is 19.9. The molecule has 0 saturated carbocycles. The average Bonchev–Trinajstić information content (AvgIpc) is 2.83. The van der Waals surface area contributed by atoms with Gasteiger partial charge >= 0.3 is 0 Å². The Morgan fingerprint density at radius 1 is 1.21 bits per heavy atom. The van der Waals surface area contributed by atoms with Crippen molar-refractivity contribution in [3.63, 3.8) is 0 Å². The van der Waals surface area contributed by atoms with Crippen LogP contribution in [0.2, 0.25) is 5.02 Å². The van der Waals surface area contributed by atoms with E-state index in [1.165, 1.54) is 18.0 Å². The molecule has 174 valence electrons. The molecule has 1 unspecified atom stereocenters. The summed E-state index contributed by atoms with van der Waals surface area (Å²) in [6.45, 7) is 6.50. The number of para-hydroxylation sites is 1. The summed E-state index contributed by atoms with van der Waals surface area (Å²) in [5, 5.41) is 3.91. The number of anilines is 1. The van der Waals surface area contributed by atoms with E-state index < -0.39 is 5.25 Å². The maximum Gasteiger partial charge on any atom is 0.262 e. The highest BCUT2D eigenvalue weighted by Gasteiger charge is 2.20. The van der Waals surface area contributed by atoms with E-state index in [4.69, 9.17) is 21.3 Å². The molecule has 10 heteroatoms. The quantitative estimate of drug-likeness (QED) is 0.385. The fraction of sp³-hybridized carbons (Fsp3) is 0.391. The summed E-state index contributed by atoms with van der Waals surface area (Å²) < 4.78 is 7.10. The van der Waals surface area contributed by atoms with Crippen LogP contribution in [0.5, 0.6) is 0 Å². The van der Waals surface area contributed by atoms with E-state index in [1.807, 2.05) is 18.2 Å². The predicted molar refractivity (Wildman–Crippen MR) is 131 cm³/mol. The van der Waals surface area contributed by atoms with E-state index in [2.05, 4.69) is 15.2 Å². The molecule has 1 amide bonds. The van der Waals surface area contributed by atoms with Gasteiger partial charge in [-0.05, 0) is 37.6 Å². The minimum atomic E-state index is -0.485. The monoisotopic (exact) mass is 487 g/mol. The summed E-state index contributed by atoms with van der Waals surface area (Å²) in [6.07, 6.45) is 2.29. The molecule has 1 fully saturated rings. The smallest absolute Gasteiger partial charge is 0.262 e. The van der Waals surface area contributed by atoms with E-state index in [9.17, 15) is 9.59 Å². The molecule has 1 aliphatic heterocycles. The van der Waals surface area contributed by atoms with Crippen molar-refractivity contribution in [2.24, 2.45) is 0 Å². The highest BCUT2D eigenvalue weighted by Crippen LogP contribution is 2.24.